The first-order valence-corrected chi connectivity index (χ1v) is 10.7. The second kappa shape index (κ2) is 8.43. The molecule has 1 unspecified atom stereocenters. The summed E-state index contributed by atoms with van der Waals surface area (Å²) in [6.07, 6.45) is -1.78. The molecule has 2 saturated heterocycles. The number of rotatable bonds is 5. The van der Waals surface area contributed by atoms with Gasteiger partial charge in [-0.3, -0.25) is 14.5 Å². The first-order chi connectivity index (χ1) is 14.7. The number of carbonyl (C=O) groups excluding carboxylic acids is 3. The van der Waals surface area contributed by atoms with E-state index in [1.807, 2.05) is 0 Å². The van der Waals surface area contributed by atoms with Crippen LogP contribution in [0.4, 0.5) is 25.0 Å². The molecule has 1 atom stereocenters. The van der Waals surface area contributed by atoms with E-state index >= 15 is 0 Å². The minimum Gasteiger partial charge on any atom is -0.442 e. The monoisotopic (exact) mass is 469 g/mol. The quantitative estimate of drug-likeness (QED) is 0.720. The molecule has 2 aliphatic rings. The number of amides is 3. The zero-order chi connectivity index (χ0) is 22.2. The van der Waals surface area contributed by atoms with Crippen molar-refractivity contribution >= 4 is 52.2 Å². The van der Waals surface area contributed by atoms with Gasteiger partial charge in [-0.05, 0) is 36.4 Å². The summed E-state index contributed by atoms with van der Waals surface area (Å²) in [6.45, 7) is -0.315. The molecular formula is C20H18ClF2N3O4S. The lowest BCUT2D eigenvalue weighted by atomic mass is 10.1. The number of thiophene rings is 1. The van der Waals surface area contributed by atoms with Crippen LogP contribution in [0, 0.1) is 0 Å². The summed E-state index contributed by atoms with van der Waals surface area (Å²) >= 11 is 6.97. The molecule has 7 nitrogen and oxygen atoms in total. The molecule has 2 aromatic rings. The third-order valence-electron chi connectivity index (χ3n) is 5.03. The average molecular weight is 470 g/mol. The Morgan fingerprint density at radius 1 is 1.16 bits per heavy atom. The molecule has 0 saturated carbocycles. The number of halogens is 3. The van der Waals surface area contributed by atoms with Crippen molar-refractivity contribution in [1.82, 2.24) is 5.32 Å². The molecule has 1 aromatic heterocycles. The summed E-state index contributed by atoms with van der Waals surface area (Å²) in [5.74, 6) is -3.59. The molecule has 0 radical (unpaired) electrons. The minimum absolute atomic E-state index is 0.131. The van der Waals surface area contributed by atoms with E-state index in [0.29, 0.717) is 20.6 Å². The van der Waals surface area contributed by atoms with Gasteiger partial charge >= 0.3 is 6.09 Å². The van der Waals surface area contributed by atoms with Crippen molar-refractivity contribution in [1.29, 1.82) is 0 Å². The van der Waals surface area contributed by atoms with E-state index in [1.54, 1.807) is 24.3 Å². The van der Waals surface area contributed by atoms with E-state index in [1.165, 1.54) is 17.0 Å². The lowest BCUT2D eigenvalue weighted by Gasteiger charge is -2.32. The van der Waals surface area contributed by atoms with Gasteiger partial charge in [-0.25, -0.2) is 13.6 Å². The number of nitrogens with zero attached hydrogens (tertiary/aromatic N) is 2. The van der Waals surface area contributed by atoms with Crippen molar-refractivity contribution < 1.29 is 27.9 Å². The van der Waals surface area contributed by atoms with Gasteiger partial charge in [0, 0.05) is 24.2 Å². The number of nitrogens with one attached hydrogen (secondary N) is 1. The van der Waals surface area contributed by atoms with Crippen LogP contribution in [0.3, 0.4) is 0 Å². The molecule has 1 aromatic carbocycles. The van der Waals surface area contributed by atoms with Crippen molar-refractivity contribution in [2.24, 2.45) is 0 Å². The number of piperidine rings is 1. The normalized spacial score (nSPS) is 20.7. The van der Waals surface area contributed by atoms with Gasteiger partial charge in [0.25, 0.3) is 11.8 Å². The van der Waals surface area contributed by atoms with Crippen LogP contribution in [-0.4, -0.2) is 49.6 Å². The predicted molar refractivity (Wildman–Crippen MR) is 112 cm³/mol. The first kappa shape index (κ1) is 21.5. The van der Waals surface area contributed by atoms with Crippen LogP contribution in [0.1, 0.15) is 22.5 Å². The highest BCUT2D eigenvalue weighted by Gasteiger charge is 2.39. The second-order valence-corrected chi connectivity index (χ2v) is 9.00. The Balaban J connectivity index is 1.37. The van der Waals surface area contributed by atoms with Crippen LogP contribution in [0.5, 0.6) is 0 Å². The molecule has 1 N–H and O–H groups in total. The summed E-state index contributed by atoms with van der Waals surface area (Å²) in [7, 11) is 0. The first-order valence-electron chi connectivity index (χ1n) is 9.52. The van der Waals surface area contributed by atoms with Gasteiger partial charge in [0.05, 0.1) is 28.8 Å². The smallest absolute Gasteiger partial charge is 0.414 e. The van der Waals surface area contributed by atoms with Gasteiger partial charge in [-0.15, -0.1) is 11.3 Å². The van der Waals surface area contributed by atoms with Crippen molar-refractivity contribution in [3.05, 3.63) is 45.6 Å². The van der Waals surface area contributed by atoms with Crippen molar-refractivity contribution in [3.63, 3.8) is 0 Å². The Morgan fingerprint density at radius 2 is 1.84 bits per heavy atom. The third-order valence-corrected chi connectivity index (χ3v) is 6.26. The summed E-state index contributed by atoms with van der Waals surface area (Å²) in [4.78, 5) is 39.3. The van der Waals surface area contributed by atoms with Gasteiger partial charge in [0.15, 0.2) is 0 Å². The average Bonchev–Trinajstić information content (AvgIpc) is 3.34. The van der Waals surface area contributed by atoms with Crippen LogP contribution in [0.2, 0.25) is 4.34 Å². The van der Waals surface area contributed by atoms with Crippen LogP contribution in [0.25, 0.3) is 0 Å². The van der Waals surface area contributed by atoms with Gasteiger partial charge in [-0.2, -0.15) is 0 Å². The van der Waals surface area contributed by atoms with E-state index in [4.69, 9.17) is 16.3 Å². The Kier molecular flexibility index (Phi) is 5.85. The van der Waals surface area contributed by atoms with E-state index < -0.39 is 31.1 Å². The highest BCUT2D eigenvalue weighted by molar-refractivity contribution is 7.18. The Labute approximate surface area is 185 Å². The number of carbonyl (C=O) groups is 3. The third kappa shape index (κ3) is 4.80. The standard InChI is InChI=1S/C20H18ClF2N3O4S/c21-16-6-5-15(31-16)18(28)24-9-14-10-25(19(29)30-14)12-1-3-13(4-2-12)26-11-20(22,23)8-7-17(26)27/h1-6,14H,7-11H2,(H,24,28). The lowest BCUT2D eigenvalue weighted by molar-refractivity contribution is -0.125. The fourth-order valence-electron chi connectivity index (χ4n) is 3.44. The number of ether oxygens (including phenoxy) is 1. The maximum atomic E-state index is 13.7. The van der Waals surface area contributed by atoms with Crippen LogP contribution >= 0.6 is 22.9 Å². The molecule has 11 heteroatoms. The Hall–Kier alpha value is -2.72. The lowest BCUT2D eigenvalue weighted by Crippen LogP contribution is -2.46. The van der Waals surface area contributed by atoms with Crippen molar-refractivity contribution in [3.8, 4) is 0 Å². The Bertz CT molecular complexity index is 1010. The zero-order valence-corrected chi connectivity index (χ0v) is 17.7. The van der Waals surface area contributed by atoms with Crippen molar-refractivity contribution in [2.45, 2.75) is 24.9 Å². The molecular weight excluding hydrogens is 452 g/mol. The maximum absolute atomic E-state index is 13.7. The van der Waals surface area contributed by atoms with E-state index in [9.17, 15) is 23.2 Å². The topological polar surface area (TPSA) is 79.0 Å². The molecule has 2 fully saturated rings. The number of alkyl halides is 2. The van der Waals surface area contributed by atoms with Gasteiger partial charge < -0.3 is 15.0 Å². The number of benzene rings is 1. The minimum atomic E-state index is -2.92. The molecule has 0 bridgehead atoms. The van der Waals surface area contributed by atoms with Crippen LogP contribution in [0.15, 0.2) is 36.4 Å². The zero-order valence-electron chi connectivity index (χ0n) is 16.1. The van der Waals surface area contributed by atoms with Gasteiger partial charge in [-0.1, -0.05) is 11.6 Å². The highest BCUT2D eigenvalue weighted by Crippen LogP contribution is 2.32. The predicted octanol–water partition coefficient (Wildman–Crippen LogP) is 3.92. The summed E-state index contributed by atoms with van der Waals surface area (Å²) in [5.41, 5.74) is 0.850. The number of hydrogen-bond acceptors (Lipinski definition) is 5. The van der Waals surface area contributed by atoms with E-state index in [0.717, 1.165) is 16.2 Å². The summed E-state index contributed by atoms with van der Waals surface area (Å²) in [5, 5.41) is 2.71. The van der Waals surface area contributed by atoms with E-state index in [-0.39, 0.29) is 31.3 Å². The fraction of sp³-hybridized carbons (Fsp3) is 0.350. The molecule has 4 rings (SSSR count). The molecule has 31 heavy (non-hydrogen) atoms. The number of hydrogen-bond donors (Lipinski definition) is 1. The van der Waals surface area contributed by atoms with Gasteiger partial charge in [0.1, 0.15) is 6.10 Å². The van der Waals surface area contributed by atoms with Crippen LogP contribution < -0.4 is 15.1 Å². The summed E-state index contributed by atoms with van der Waals surface area (Å²) in [6, 6.07) is 9.44. The van der Waals surface area contributed by atoms with Crippen molar-refractivity contribution in [2.75, 3.05) is 29.4 Å². The molecule has 3 heterocycles. The van der Waals surface area contributed by atoms with Crippen LogP contribution in [-0.2, 0) is 9.53 Å². The number of anilines is 2. The molecule has 0 spiro atoms. The second-order valence-electron chi connectivity index (χ2n) is 7.28. The fourth-order valence-corrected chi connectivity index (χ4v) is 4.40. The Morgan fingerprint density at radius 3 is 2.48 bits per heavy atom. The van der Waals surface area contributed by atoms with Gasteiger partial charge in [0.2, 0.25) is 5.91 Å². The molecule has 0 aliphatic carbocycles. The molecule has 164 valence electrons. The highest BCUT2D eigenvalue weighted by atomic mass is 35.5. The SMILES string of the molecule is O=C(NCC1CN(c2ccc(N3CC(F)(F)CCC3=O)cc2)C(=O)O1)c1ccc(Cl)s1. The summed E-state index contributed by atoms with van der Waals surface area (Å²) < 4.78 is 33.1. The maximum Gasteiger partial charge on any atom is 0.414 e. The van der Waals surface area contributed by atoms with E-state index in [2.05, 4.69) is 5.32 Å². The largest absolute Gasteiger partial charge is 0.442 e. The molecule has 2 aliphatic heterocycles. The number of cyclic esters (lactones) is 1. The molecule has 3 amide bonds.